The Kier molecular flexibility index (Phi) is 4.98. The van der Waals surface area contributed by atoms with Crippen LogP contribution in [0.3, 0.4) is 0 Å². The Morgan fingerprint density at radius 2 is 1.94 bits per heavy atom. The molecule has 96 valence electrons. The lowest BCUT2D eigenvalue weighted by atomic mass is 9.97. The van der Waals surface area contributed by atoms with E-state index in [0.717, 1.165) is 25.5 Å². The Balaban J connectivity index is 2.89. The summed E-state index contributed by atoms with van der Waals surface area (Å²) in [4.78, 5) is 0. The van der Waals surface area contributed by atoms with Crippen LogP contribution < -0.4 is 0 Å². The molecule has 1 aliphatic heterocycles. The zero-order valence-electron chi connectivity index (χ0n) is 11.3. The maximum Gasteiger partial charge on any atom is 0.371 e. The summed E-state index contributed by atoms with van der Waals surface area (Å²) in [7, 11) is 1.36. The van der Waals surface area contributed by atoms with E-state index in [9.17, 15) is 0 Å². The highest BCUT2D eigenvalue weighted by atomic mass is 28.4. The highest BCUT2D eigenvalue weighted by molar-refractivity contribution is 6.70. The third-order valence-electron chi connectivity index (χ3n) is 4.08. The Hall–Kier alpha value is 0.0969. The summed E-state index contributed by atoms with van der Waals surface area (Å²) in [6.07, 6.45) is 3.33. The van der Waals surface area contributed by atoms with Crippen LogP contribution >= 0.6 is 0 Å². The minimum Gasteiger partial charge on any atom is -0.396 e. The summed E-state index contributed by atoms with van der Waals surface area (Å²) < 4.78 is 17.6. The molecule has 0 amide bonds. The van der Waals surface area contributed by atoms with Gasteiger partial charge in [-0.15, -0.1) is 0 Å². The number of hydrogen-bond acceptors (Lipinski definition) is 3. The van der Waals surface area contributed by atoms with Crippen molar-refractivity contribution in [3.05, 3.63) is 0 Å². The van der Waals surface area contributed by atoms with Gasteiger partial charge >= 0.3 is 8.56 Å². The van der Waals surface area contributed by atoms with E-state index in [1.165, 1.54) is 6.42 Å². The Labute approximate surface area is 101 Å². The Bertz CT molecular complexity index is 214. The largest absolute Gasteiger partial charge is 0.396 e. The van der Waals surface area contributed by atoms with Crippen LogP contribution in [0.2, 0.25) is 6.04 Å². The van der Waals surface area contributed by atoms with Crippen molar-refractivity contribution in [1.82, 2.24) is 0 Å². The number of hydrogen-bond donors (Lipinski definition) is 0. The van der Waals surface area contributed by atoms with Gasteiger partial charge in [-0.05, 0) is 12.5 Å². The van der Waals surface area contributed by atoms with Crippen molar-refractivity contribution < 1.29 is 13.6 Å². The standard InChI is InChI=1S/C12H26O3Si/c1-6-8-9-16(13-4,14-5)12(7-2)11(3)10-15-12/h11H,6-10H2,1-5H3. The molecule has 0 spiro atoms. The average molecular weight is 246 g/mol. The van der Waals surface area contributed by atoms with Crippen molar-refractivity contribution in [3.8, 4) is 0 Å². The molecule has 1 heterocycles. The van der Waals surface area contributed by atoms with Gasteiger partial charge < -0.3 is 13.6 Å². The predicted molar refractivity (Wildman–Crippen MR) is 67.6 cm³/mol. The summed E-state index contributed by atoms with van der Waals surface area (Å²) in [5.41, 5.74) is 0. The summed E-state index contributed by atoms with van der Waals surface area (Å²) >= 11 is 0. The first kappa shape index (κ1) is 14.2. The third kappa shape index (κ3) is 1.96. The summed E-state index contributed by atoms with van der Waals surface area (Å²) in [5.74, 6) is 0.556. The molecular weight excluding hydrogens is 220 g/mol. The first-order valence-electron chi connectivity index (χ1n) is 6.36. The quantitative estimate of drug-likeness (QED) is 0.647. The summed E-state index contributed by atoms with van der Waals surface area (Å²) in [6.45, 7) is 7.48. The molecule has 0 N–H and O–H groups in total. The summed E-state index contributed by atoms with van der Waals surface area (Å²) in [5, 5.41) is -0.119. The lowest BCUT2D eigenvalue weighted by molar-refractivity contribution is -0.170. The van der Waals surface area contributed by atoms with Crippen molar-refractivity contribution in [2.75, 3.05) is 20.8 Å². The number of ether oxygens (including phenoxy) is 1. The second-order valence-electron chi connectivity index (χ2n) is 4.72. The fourth-order valence-electron chi connectivity index (χ4n) is 2.91. The van der Waals surface area contributed by atoms with Crippen LogP contribution in [-0.2, 0) is 13.6 Å². The van der Waals surface area contributed by atoms with Gasteiger partial charge in [0, 0.05) is 20.1 Å². The molecule has 1 rings (SSSR count). The third-order valence-corrected chi connectivity index (χ3v) is 8.69. The summed E-state index contributed by atoms with van der Waals surface area (Å²) in [6, 6.07) is 1.04. The van der Waals surface area contributed by atoms with Crippen LogP contribution in [0.4, 0.5) is 0 Å². The SMILES string of the molecule is CCCC[Si](OC)(OC)C1(CC)OCC1C. The Morgan fingerprint density at radius 3 is 2.19 bits per heavy atom. The molecule has 16 heavy (non-hydrogen) atoms. The van der Waals surface area contributed by atoms with Gasteiger partial charge in [0.05, 0.1) is 6.61 Å². The molecule has 1 fully saturated rings. The van der Waals surface area contributed by atoms with Gasteiger partial charge in [0.25, 0.3) is 0 Å². The molecule has 0 aromatic rings. The van der Waals surface area contributed by atoms with Crippen LogP contribution in [0.1, 0.15) is 40.0 Å². The molecular formula is C12H26O3Si. The highest BCUT2D eigenvalue weighted by Gasteiger charge is 2.64. The van der Waals surface area contributed by atoms with E-state index in [2.05, 4.69) is 20.8 Å². The van der Waals surface area contributed by atoms with E-state index in [1.807, 2.05) is 0 Å². The van der Waals surface area contributed by atoms with Gasteiger partial charge in [0.1, 0.15) is 5.22 Å². The van der Waals surface area contributed by atoms with Gasteiger partial charge in [-0.1, -0.05) is 33.6 Å². The second-order valence-corrected chi connectivity index (χ2v) is 8.39. The first-order valence-corrected chi connectivity index (χ1v) is 8.39. The maximum atomic E-state index is 5.94. The second kappa shape index (κ2) is 5.62. The van der Waals surface area contributed by atoms with Crippen molar-refractivity contribution in [2.24, 2.45) is 5.92 Å². The minimum absolute atomic E-state index is 0.119. The van der Waals surface area contributed by atoms with Gasteiger partial charge in [-0.3, -0.25) is 0 Å². The fourth-order valence-corrected chi connectivity index (χ4v) is 7.09. The zero-order valence-corrected chi connectivity index (χ0v) is 12.3. The molecule has 0 bridgehead atoms. The van der Waals surface area contributed by atoms with Crippen LogP contribution in [0.5, 0.6) is 0 Å². The number of rotatable bonds is 7. The van der Waals surface area contributed by atoms with Crippen LogP contribution in [0, 0.1) is 5.92 Å². The monoisotopic (exact) mass is 246 g/mol. The van der Waals surface area contributed by atoms with E-state index in [0.29, 0.717) is 5.92 Å². The molecule has 1 saturated heterocycles. The topological polar surface area (TPSA) is 27.7 Å². The van der Waals surface area contributed by atoms with E-state index in [1.54, 1.807) is 14.2 Å². The van der Waals surface area contributed by atoms with E-state index in [-0.39, 0.29) is 5.22 Å². The molecule has 0 radical (unpaired) electrons. The molecule has 2 unspecified atom stereocenters. The van der Waals surface area contributed by atoms with Crippen LogP contribution in [0.25, 0.3) is 0 Å². The molecule has 0 saturated carbocycles. The zero-order chi connectivity index (χ0) is 12.2. The predicted octanol–water partition coefficient (Wildman–Crippen LogP) is 2.88. The lowest BCUT2D eigenvalue weighted by Crippen LogP contribution is -2.72. The van der Waals surface area contributed by atoms with Crippen LogP contribution in [0.15, 0.2) is 0 Å². The van der Waals surface area contributed by atoms with Gasteiger partial charge in [-0.2, -0.15) is 0 Å². The Morgan fingerprint density at radius 1 is 1.31 bits per heavy atom. The molecule has 0 aliphatic carbocycles. The first-order chi connectivity index (χ1) is 7.62. The fraction of sp³-hybridized carbons (Fsp3) is 1.00. The molecule has 4 heteroatoms. The molecule has 0 aromatic carbocycles. The van der Waals surface area contributed by atoms with Crippen molar-refractivity contribution in [1.29, 1.82) is 0 Å². The molecule has 0 aromatic heterocycles. The van der Waals surface area contributed by atoms with Crippen molar-refractivity contribution in [2.45, 2.75) is 51.3 Å². The molecule has 1 aliphatic rings. The molecule has 3 nitrogen and oxygen atoms in total. The number of unbranched alkanes of at least 4 members (excludes halogenated alkanes) is 1. The average Bonchev–Trinajstić information content (AvgIpc) is 2.32. The van der Waals surface area contributed by atoms with E-state index < -0.39 is 8.56 Å². The smallest absolute Gasteiger partial charge is 0.371 e. The van der Waals surface area contributed by atoms with Crippen LogP contribution in [-0.4, -0.2) is 34.6 Å². The lowest BCUT2D eigenvalue weighted by Gasteiger charge is -2.55. The minimum atomic E-state index is -2.22. The maximum absolute atomic E-state index is 5.94. The van der Waals surface area contributed by atoms with Crippen molar-refractivity contribution >= 4 is 8.56 Å². The van der Waals surface area contributed by atoms with E-state index in [4.69, 9.17) is 13.6 Å². The normalized spacial score (nSPS) is 30.2. The van der Waals surface area contributed by atoms with Gasteiger partial charge in [0.15, 0.2) is 0 Å². The van der Waals surface area contributed by atoms with Gasteiger partial charge in [-0.25, -0.2) is 0 Å². The van der Waals surface area contributed by atoms with E-state index >= 15 is 0 Å². The highest BCUT2D eigenvalue weighted by Crippen LogP contribution is 2.46. The molecule has 2 atom stereocenters. The van der Waals surface area contributed by atoms with Gasteiger partial charge in [0.2, 0.25) is 0 Å². The van der Waals surface area contributed by atoms with Crippen molar-refractivity contribution in [3.63, 3.8) is 0 Å².